The smallest absolute Gasteiger partial charge is 0.345 e. The summed E-state index contributed by atoms with van der Waals surface area (Å²) in [5.74, 6) is -1.03. The number of rotatable bonds is 5. The first-order valence-corrected chi connectivity index (χ1v) is 9.84. The Labute approximate surface area is 130 Å². The van der Waals surface area contributed by atoms with Crippen molar-refractivity contribution in [1.29, 1.82) is 0 Å². The molecule has 1 fully saturated rings. The minimum absolute atomic E-state index is 0.0297. The van der Waals surface area contributed by atoms with E-state index in [2.05, 4.69) is 5.32 Å². The second-order valence-electron chi connectivity index (χ2n) is 5.19. The normalized spacial score (nSPS) is 23.9. The van der Waals surface area contributed by atoms with E-state index in [1.807, 2.05) is 0 Å². The van der Waals surface area contributed by atoms with Gasteiger partial charge < -0.3 is 10.4 Å². The molecule has 116 valence electrons. The molecule has 1 aliphatic rings. The first-order valence-electron chi connectivity index (χ1n) is 6.15. The Hall–Kier alpha value is -1.06. The zero-order valence-electron chi connectivity index (χ0n) is 11.3. The van der Waals surface area contributed by atoms with Crippen LogP contribution in [0.25, 0.3) is 0 Å². The summed E-state index contributed by atoms with van der Waals surface area (Å²) >= 11 is 2.34. The number of carboxylic acids is 1. The molecule has 6 nitrogen and oxygen atoms in total. The van der Waals surface area contributed by atoms with E-state index in [9.17, 15) is 18.0 Å². The van der Waals surface area contributed by atoms with Crippen molar-refractivity contribution in [3.8, 4) is 0 Å². The van der Waals surface area contributed by atoms with Gasteiger partial charge in [-0.1, -0.05) is 0 Å². The molecule has 1 aromatic heterocycles. The fraction of sp³-hybridized carbons (Fsp3) is 0.500. The minimum atomic E-state index is -3.06. The number of carbonyl (C=O) groups excluding carboxylic acids is 1. The van der Waals surface area contributed by atoms with E-state index in [-0.39, 0.29) is 28.0 Å². The second kappa shape index (κ2) is 5.98. The highest BCUT2D eigenvalue weighted by Gasteiger charge is 2.39. The Morgan fingerprint density at radius 3 is 2.76 bits per heavy atom. The number of aromatic carboxylic acids is 1. The second-order valence-corrected chi connectivity index (χ2v) is 9.34. The summed E-state index contributed by atoms with van der Waals surface area (Å²) in [6.07, 6.45) is 0.424. The molecule has 1 saturated heterocycles. The van der Waals surface area contributed by atoms with E-state index in [0.717, 1.165) is 16.2 Å². The summed E-state index contributed by atoms with van der Waals surface area (Å²) in [5, 5.41) is 13.3. The van der Waals surface area contributed by atoms with Gasteiger partial charge in [0.1, 0.15) is 4.88 Å². The zero-order valence-corrected chi connectivity index (χ0v) is 13.7. The molecule has 0 bridgehead atoms. The lowest BCUT2D eigenvalue weighted by Gasteiger charge is -2.23. The summed E-state index contributed by atoms with van der Waals surface area (Å²) in [4.78, 5) is 23.6. The maximum atomic E-state index is 11.9. The van der Waals surface area contributed by atoms with Crippen molar-refractivity contribution in [1.82, 2.24) is 5.32 Å². The summed E-state index contributed by atoms with van der Waals surface area (Å²) in [6.45, 7) is 1.73. The Morgan fingerprint density at radius 1 is 1.52 bits per heavy atom. The summed E-state index contributed by atoms with van der Waals surface area (Å²) in [5.41, 5.74) is -0.697. The standard InChI is InChI=1S/C12H15NO5S3/c1-12(2-3-21(17,18)7-12)13-10(14)6-19-8-4-9(11(15)16)20-5-8/h4-5H,2-3,6-7H2,1H3,(H,13,14)(H,15,16). The van der Waals surface area contributed by atoms with Crippen LogP contribution in [0.2, 0.25) is 0 Å². The molecule has 1 aromatic rings. The molecule has 2 heterocycles. The number of nitrogens with one attached hydrogen (secondary N) is 1. The highest BCUT2D eigenvalue weighted by atomic mass is 32.2. The molecule has 1 aliphatic heterocycles. The number of carboxylic acid groups (broad SMARTS) is 1. The average molecular weight is 349 g/mol. The van der Waals surface area contributed by atoms with Crippen LogP contribution in [0.3, 0.4) is 0 Å². The van der Waals surface area contributed by atoms with E-state index in [1.165, 1.54) is 17.8 Å². The van der Waals surface area contributed by atoms with Crippen LogP contribution in [-0.2, 0) is 14.6 Å². The van der Waals surface area contributed by atoms with Gasteiger partial charge in [-0.3, -0.25) is 4.79 Å². The first-order chi connectivity index (χ1) is 9.69. The van der Waals surface area contributed by atoms with E-state index < -0.39 is 21.3 Å². The van der Waals surface area contributed by atoms with Gasteiger partial charge in [0.2, 0.25) is 5.91 Å². The predicted molar refractivity (Wildman–Crippen MR) is 81.8 cm³/mol. The first kappa shape index (κ1) is 16.3. The number of hydrogen-bond donors (Lipinski definition) is 2. The maximum Gasteiger partial charge on any atom is 0.345 e. The Kier molecular flexibility index (Phi) is 4.64. The Morgan fingerprint density at radius 2 is 2.24 bits per heavy atom. The predicted octanol–water partition coefficient (Wildman–Crippen LogP) is 1.23. The lowest BCUT2D eigenvalue weighted by atomic mass is 10.0. The van der Waals surface area contributed by atoms with Gasteiger partial charge in [0.05, 0.1) is 22.8 Å². The zero-order chi connectivity index (χ0) is 15.7. The lowest BCUT2D eigenvalue weighted by molar-refractivity contribution is -0.120. The van der Waals surface area contributed by atoms with Crippen LogP contribution in [0.5, 0.6) is 0 Å². The van der Waals surface area contributed by atoms with Gasteiger partial charge in [0.25, 0.3) is 0 Å². The van der Waals surface area contributed by atoms with Crippen molar-refractivity contribution >= 4 is 44.8 Å². The number of thioether (sulfide) groups is 1. The quantitative estimate of drug-likeness (QED) is 0.776. The van der Waals surface area contributed by atoms with Crippen molar-refractivity contribution in [3.63, 3.8) is 0 Å². The highest BCUT2D eigenvalue weighted by Crippen LogP contribution is 2.26. The summed E-state index contributed by atoms with van der Waals surface area (Å²) in [7, 11) is -3.06. The Balaban J connectivity index is 1.86. The highest BCUT2D eigenvalue weighted by molar-refractivity contribution is 8.00. The van der Waals surface area contributed by atoms with Crippen LogP contribution in [0, 0.1) is 0 Å². The SMILES string of the molecule is CC1(NC(=O)CSc2csc(C(=O)O)c2)CCS(=O)(=O)C1. The maximum absolute atomic E-state index is 11.9. The number of carbonyl (C=O) groups is 2. The molecule has 9 heteroatoms. The van der Waals surface area contributed by atoms with Crippen LogP contribution in [-0.4, -0.2) is 48.2 Å². The van der Waals surface area contributed by atoms with Gasteiger partial charge in [-0.05, 0) is 19.4 Å². The van der Waals surface area contributed by atoms with E-state index >= 15 is 0 Å². The molecule has 1 amide bonds. The minimum Gasteiger partial charge on any atom is -0.477 e. The molecule has 1 atom stereocenters. The van der Waals surface area contributed by atoms with Crippen molar-refractivity contribution in [2.75, 3.05) is 17.3 Å². The fourth-order valence-corrected chi connectivity index (χ4v) is 5.90. The molecule has 21 heavy (non-hydrogen) atoms. The molecule has 0 aromatic carbocycles. The molecule has 0 spiro atoms. The fourth-order valence-electron chi connectivity index (χ4n) is 2.14. The monoisotopic (exact) mass is 349 g/mol. The van der Waals surface area contributed by atoms with Gasteiger partial charge in [0, 0.05) is 10.3 Å². The van der Waals surface area contributed by atoms with E-state index in [0.29, 0.717) is 6.42 Å². The topological polar surface area (TPSA) is 101 Å². The van der Waals surface area contributed by atoms with Crippen LogP contribution >= 0.6 is 23.1 Å². The van der Waals surface area contributed by atoms with Crippen molar-refractivity contribution in [3.05, 3.63) is 16.3 Å². The third-order valence-corrected chi connectivity index (χ3v) is 7.05. The third-order valence-electron chi connectivity index (χ3n) is 3.10. The molecule has 2 N–H and O–H groups in total. The average Bonchev–Trinajstić information content (AvgIpc) is 2.91. The Bertz CT molecular complexity index is 666. The van der Waals surface area contributed by atoms with E-state index in [4.69, 9.17) is 5.11 Å². The van der Waals surface area contributed by atoms with Crippen LogP contribution in [0.4, 0.5) is 0 Å². The van der Waals surface area contributed by atoms with Crippen LogP contribution in [0.15, 0.2) is 16.3 Å². The van der Waals surface area contributed by atoms with E-state index in [1.54, 1.807) is 12.3 Å². The molecule has 0 aliphatic carbocycles. The number of sulfone groups is 1. The summed E-state index contributed by atoms with van der Waals surface area (Å²) < 4.78 is 22.9. The third kappa shape index (κ3) is 4.45. The van der Waals surface area contributed by atoms with Gasteiger partial charge in [-0.2, -0.15) is 0 Å². The van der Waals surface area contributed by atoms with Gasteiger partial charge in [-0.15, -0.1) is 23.1 Å². The number of amides is 1. The van der Waals surface area contributed by atoms with Crippen molar-refractivity contribution in [2.24, 2.45) is 0 Å². The molecule has 2 rings (SSSR count). The van der Waals surface area contributed by atoms with Crippen molar-refractivity contribution in [2.45, 2.75) is 23.8 Å². The van der Waals surface area contributed by atoms with Gasteiger partial charge in [-0.25, -0.2) is 13.2 Å². The van der Waals surface area contributed by atoms with Gasteiger partial charge in [0.15, 0.2) is 9.84 Å². The molecular weight excluding hydrogens is 334 g/mol. The lowest BCUT2D eigenvalue weighted by Crippen LogP contribution is -2.47. The largest absolute Gasteiger partial charge is 0.477 e. The molecule has 1 unspecified atom stereocenters. The van der Waals surface area contributed by atoms with Crippen LogP contribution in [0.1, 0.15) is 23.0 Å². The summed E-state index contributed by atoms with van der Waals surface area (Å²) in [6, 6.07) is 1.52. The molecule has 0 saturated carbocycles. The van der Waals surface area contributed by atoms with Crippen LogP contribution < -0.4 is 5.32 Å². The molecular formula is C12H15NO5S3. The van der Waals surface area contributed by atoms with Gasteiger partial charge >= 0.3 is 5.97 Å². The number of thiophene rings is 1. The number of hydrogen-bond acceptors (Lipinski definition) is 6. The molecule has 0 radical (unpaired) electrons. The van der Waals surface area contributed by atoms with Crippen molar-refractivity contribution < 1.29 is 23.1 Å².